The van der Waals surface area contributed by atoms with E-state index in [0.717, 1.165) is 18.5 Å². The van der Waals surface area contributed by atoms with Crippen molar-refractivity contribution in [2.75, 3.05) is 20.6 Å². The molecule has 0 spiro atoms. The minimum Gasteiger partial charge on any atom is -0.309 e. The van der Waals surface area contributed by atoms with Gasteiger partial charge in [0.05, 0.1) is 5.52 Å². The van der Waals surface area contributed by atoms with Crippen LogP contribution < -0.4 is 0 Å². The first-order chi connectivity index (χ1) is 14.0. The van der Waals surface area contributed by atoms with Crippen molar-refractivity contribution in [3.8, 4) is 0 Å². The maximum Gasteiger partial charge on any atom is 0.231 e. The summed E-state index contributed by atoms with van der Waals surface area (Å²) in [6.07, 6.45) is 3.48. The zero-order chi connectivity index (χ0) is 22.2. The third kappa shape index (κ3) is 4.52. The van der Waals surface area contributed by atoms with Crippen LogP contribution in [0.4, 0.5) is 0 Å². The number of likely N-dealkylation sites (N-methyl/N-ethyl adjacent to an activating group) is 1. The van der Waals surface area contributed by atoms with Crippen molar-refractivity contribution in [2.45, 2.75) is 59.8 Å². The van der Waals surface area contributed by atoms with E-state index in [9.17, 15) is 4.79 Å². The molecule has 1 heterocycles. The molecule has 0 bridgehead atoms. The van der Waals surface area contributed by atoms with Crippen LogP contribution in [-0.2, 0) is 11.8 Å². The van der Waals surface area contributed by atoms with E-state index < -0.39 is 0 Å². The molecule has 0 amide bonds. The van der Waals surface area contributed by atoms with Crippen LogP contribution in [0.5, 0.6) is 0 Å². The van der Waals surface area contributed by atoms with Gasteiger partial charge in [-0.3, -0.25) is 9.36 Å². The minimum absolute atomic E-state index is 0.157. The van der Waals surface area contributed by atoms with Gasteiger partial charge >= 0.3 is 0 Å². The lowest BCUT2D eigenvalue weighted by Crippen LogP contribution is -2.27. The van der Waals surface area contributed by atoms with Gasteiger partial charge in [0.15, 0.2) is 0 Å². The summed E-state index contributed by atoms with van der Waals surface area (Å²) >= 11 is 0. The number of carbonyl (C=O) groups is 1. The number of aromatic nitrogens is 1. The van der Waals surface area contributed by atoms with Gasteiger partial charge in [-0.05, 0) is 88.0 Å². The monoisotopic (exact) mass is 404 g/mol. The quantitative estimate of drug-likeness (QED) is 0.504. The summed E-state index contributed by atoms with van der Waals surface area (Å²) in [5.74, 6) is 0.157. The second-order valence-electron chi connectivity index (χ2n) is 9.83. The van der Waals surface area contributed by atoms with E-state index in [0.29, 0.717) is 6.42 Å². The summed E-state index contributed by atoms with van der Waals surface area (Å²) in [6.45, 7) is 13.9. The maximum atomic E-state index is 13.5. The van der Waals surface area contributed by atoms with Crippen LogP contribution >= 0.6 is 0 Å². The highest BCUT2D eigenvalue weighted by Gasteiger charge is 2.29. The lowest BCUT2D eigenvalue weighted by atomic mass is 9.76. The van der Waals surface area contributed by atoms with Gasteiger partial charge in [-0.25, -0.2) is 0 Å². The summed E-state index contributed by atoms with van der Waals surface area (Å²) < 4.78 is 1.89. The Morgan fingerprint density at radius 1 is 0.967 bits per heavy atom. The van der Waals surface area contributed by atoms with Crippen molar-refractivity contribution in [2.24, 2.45) is 0 Å². The molecule has 3 nitrogen and oxygen atoms in total. The fraction of sp³-hybridized carbons (Fsp3) is 0.444. The SMILES string of the molecule is Cc1cc(C)c(C(C)(C)CC(=O)n2cc(CCN(C)C)c3cc(C)ccc32)c(C)c1. The second-order valence-corrected chi connectivity index (χ2v) is 9.83. The summed E-state index contributed by atoms with van der Waals surface area (Å²) in [5.41, 5.74) is 8.36. The average molecular weight is 405 g/mol. The summed E-state index contributed by atoms with van der Waals surface area (Å²) in [6, 6.07) is 10.9. The number of nitrogens with zero attached hydrogens (tertiary/aromatic N) is 2. The van der Waals surface area contributed by atoms with Crippen LogP contribution in [0.25, 0.3) is 10.9 Å². The van der Waals surface area contributed by atoms with Crippen LogP contribution in [0.2, 0.25) is 0 Å². The molecule has 2 aromatic carbocycles. The molecule has 3 rings (SSSR count). The lowest BCUT2D eigenvalue weighted by molar-refractivity contribution is 0.0881. The number of fused-ring (bicyclic) bond motifs is 1. The Bertz CT molecular complexity index is 1060. The molecule has 0 saturated carbocycles. The molecular weight excluding hydrogens is 368 g/mol. The average Bonchev–Trinajstić information content (AvgIpc) is 2.96. The summed E-state index contributed by atoms with van der Waals surface area (Å²) in [5, 5.41) is 1.20. The molecule has 160 valence electrons. The van der Waals surface area contributed by atoms with Crippen LogP contribution in [0.3, 0.4) is 0 Å². The van der Waals surface area contributed by atoms with Crippen molar-refractivity contribution in [3.05, 3.63) is 69.9 Å². The molecule has 0 aliphatic carbocycles. The maximum absolute atomic E-state index is 13.5. The van der Waals surface area contributed by atoms with E-state index in [1.165, 1.54) is 38.8 Å². The Morgan fingerprint density at radius 2 is 1.60 bits per heavy atom. The molecule has 0 fully saturated rings. The molecule has 0 unspecified atom stereocenters. The highest BCUT2D eigenvalue weighted by molar-refractivity contribution is 5.95. The molecule has 1 aromatic heterocycles. The highest BCUT2D eigenvalue weighted by atomic mass is 16.2. The normalized spacial score (nSPS) is 12.2. The Kier molecular flexibility index (Phi) is 6.24. The highest BCUT2D eigenvalue weighted by Crippen LogP contribution is 2.34. The van der Waals surface area contributed by atoms with E-state index in [1.54, 1.807) is 0 Å². The summed E-state index contributed by atoms with van der Waals surface area (Å²) in [4.78, 5) is 15.7. The first-order valence-corrected chi connectivity index (χ1v) is 10.9. The molecule has 0 radical (unpaired) electrons. The number of benzene rings is 2. The van der Waals surface area contributed by atoms with E-state index in [2.05, 4.69) is 97.1 Å². The van der Waals surface area contributed by atoms with Crippen molar-refractivity contribution in [1.82, 2.24) is 9.47 Å². The molecule has 3 aromatic rings. The fourth-order valence-electron chi connectivity index (χ4n) is 4.96. The van der Waals surface area contributed by atoms with Gasteiger partial charge in [-0.2, -0.15) is 0 Å². The van der Waals surface area contributed by atoms with Crippen LogP contribution in [0.1, 0.15) is 58.4 Å². The van der Waals surface area contributed by atoms with Crippen molar-refractivity contribution in [1.29, 1.82) is 0 Å². The predicted molar refractivity (Wildman–Crippen MR) is 128 cm³/mol. The first-order valence-electron chi connectivity index (χ1n) is 10.9. The number of carbonyl (C=O) groups excluding carboxylic acids is 1. The van der Waals surface area contributed by atoms with Crippen molar-refractivity contribution in [3.63, 3.8) is 0 Å². The molecule has 0 N–H and O–H groups in total. The van der Waals surface area contributed by atoms with Gasteiger partial charge in [0, 0.05) is 24.5 Å². The molecule has 0 aliphatic heterocycles. The molecule has 0 saturated heterocycles. The van der Waals surface area contributed by atoms with Crippen LogP contribution in [0, 0.1) is 27.7 Å². The number of aryl methyl sites for hydroxylation is 4. The van der Waals surface area contributed by atoms with E-state index in [4.69, 9.17) is 0 Å². The van der Waals surface area contributed by atoms with Gasteiger partial charge < -0.3 is 4.90 Å². The van der Waals surface area contributed by atoms with Gasteiger partial charge in [-0.15, -0.1) is 0 Å². The Hall–Kier alpha value is -2.39. The van der Waals surface area contributed by atoms with Gasteiger partial charge in [-0.1, -0.05) is 43.2 Å². The predicted octanol–water partition coefficient (Wildman–Crippen LogP) is 5.99. The molecule has 3 heteroatoms. The smallest absolute Gasteiger partial charge is 0.231 e. The van der Waals surface area contributed by atoms with Crippen LogP contribution in [-0.4, -0.2) is 36.0 Å². The Balaban J connectivity index is 1.99. The molecule has 0 aliphatic rings. The van der Waals surface area contributed by atoms with Gasteiger partial charge in [0.2, 0.25) is 5.91 Å². The Morgan fingerprint density at radius 3 is 2.20 bits per heavy atom. The second kappa shape index (κ2) is 8.39. The lowest BCUT2D eigenvalue weighted by Gasteiger charge is -2.29. The van der Waals surface area contributed by atoms with Gasteiger partial charge in [0.1, 0.15) is 0 Å². The molecule has 0 atom stereocenters. The number of hydrogen-bond donors (Lipinski definition) is 0. The van der Waals surface area contributed by atoms with E-state index in [1.807, 2.05) is 4.57 Å². The fourth-order valence-corrected chi connectivity index (χ4v) is 4.96. The number of hydrogen-bond acceptors (Lipinski definition) is 2. The first kappa shape index (κ1) is 22.3. The Labute approximate surface area is 181 Å². The van der Waals surface area contributed by atoms with Gasteiger partial charge in [0.25, 0.3) is 0 Å². The largest absolute Gasteiger partial charge is 0.309 e. The van der Waals surface area contributed by atoms with Crippen molar-refractivity contribution < 1.29 is 4.79 Å². The number of rotatable bonds is 6. The molecular formula is C27H36N2O. The van der Waals surface area contributed by atoms with E-state index in [-0.39, 0.29) is 11.3 Å². The zero-order valence-electron chi connectivity index (χ0n) is 19.9. The van der Waals surface area contributed by atoms with Crippen LogP contribution in [0.15, 0.2) is 36.5 Å². The minimum atomic E-state index is -0.232. The third-order valence-corrected chi connectivity index (χ3v) is 6.09. The third-order valence-electron chi connectivity index (χ3n) is 6.09. The van der Waals surface area contributed by atoms with E-state index >= 15 is 0 Å². The zero-order valence-corrected chi connectivity index (χ0v) is 19.9. The topological polar surface area (TPSA) is 25.2 Å². The molecule has 30 heavy (non-hydrogen) atoms. The standard InChI is InChI=1S/C27H36N2O/c1-18-9-10-24-23(15-18)22(11-12-28(7)8)17-29(24)25(30)16-27(5,6)26-20(3)13-19(2)14-21(26)4/h9-10,13-15,17H,11-12,16H2,1-8H3. The van der Waals surface area contributed by atoms with Crippen molar-refractivity contribution >= 4 is 16.8 Å². The summed E-state index contributed by atoms with van der Waals surface area (Å²) in [7, 11) is 4.18.